The van der Waals surface area contributed by atoms with Crippen LogP contribution in [-0.4, -0.2) is 53.9 Å². The lowest BCUT2D eigenvalue weighted by molar-refractivity contribution is 0.00775. The molecular weight excluding hydrogens is 434 g/mol. The van der Waals surface area contributed by atoms with Gasteiger partial charge >= 0.3 is 6.09 Å². The number of nitrogens with one attached hydrogen (secondary N) is 1. The molecule has 0 radical (unpaired) electrons. The van der Waals surface area contributed by atoms with Crippen molar-refractivity contribution in [1.29, 1.82) is 0 Å². The summed E-state index contributed by atoms with van der Waals surface area (Å²) in [6.07, 6.45) is 1.81. The second-order valence-electron chi connectivity index (χ2n) is 7.78. The van der Waals surface area contributed by atoms with Gasteiger partial charge in [-0.25, -0.2) is 9.78 Å². The van der Waals surface area contributed by atoms with E-state index < -0.39 is 5.60 Å². The molecule has 2 rings (SSSR count). The molecule has 8 heteroatoms. The summed E-state index contributed by atoms with van der Waals surface area (Å²) in [5.74, 6) is 0. The zero-order valence-corrected chi connectivity index (χ0v) is 18.8. The molecule has 1 N–H and O–H groups in total. The van der Waals surface area contributed by atoms with Crippen LogP contribution >= 0.6 is 27.5 Å². The average molecular weight is 463 g/mol. The quantitative estimate of drug-likeness (QED) is 0.496. The maximum atomic E-state index is 12.6. The first-order valence-corrected chi connectivity index (χ1v) is 10.5. The number of piperazine rings is 1. The van der Waals surface area contributed by atoms with E-state index in [0.29, 0.717) is 29.5 Å². The Bertz CT molecular complexity index is 619. The van der Waals surface area contributed by atoms with Crippen molar-refractivity contribution < 1.29 is 14.3 Å². The molecule has 2 heterocycles. The number of rotatable bonds is 6. The predicted octanol–water partition coefficient (Wildman–Crippen LogP) is 4.56. The normalized spacial score (nSPS) is 20.6. The van der Waals surface area contributed by atoms with Crippen molar-refractivity contribution >= 4 is 33.6 Å². The molecule has 2 atom stereocenters. The highest BCUT2D eigenvalue weighted by atomic mass is 79.9. The Hall–Kier alpha value is -0.890. The van der Waals surface area contributed by atoms with Gasteiger partial charge in [0.05, 0.1) is 12.6 Å². The van der Waals surface area contributed by atoms with Gasteiger partial charge in [0.25, 0.3) is 0 Å². The molecule has 1 fully saturated rings. The SMILES string of the molecule is CCCCOC[C@@H]1CN(C(=O)OC(C)(C)C)C[C@@H](c2cc(Cl)nc(Br)c2)N1. The highest BCUT2D eigenvalue weighted by Gasteiger charge is 2.33. The van der Waals surface area contributed by atoms with Gasteiger partial charge in [-0.1, -0.05) is 24.9 Å². The minimum absolute atomic E-state index is 0.0128. The van der Waals surface area contributed by atoms with Crippen LogP contribution in [0.5, 0.6) is 0 Å². The molecule has 152 valence electrons. The number of halogens is 2. The molecule has 27 heavy (non-hydrogen) atoms. The Morgan fingerprint density at radius 1 is 1.41 bits per heavy atom. The standard InChI is InChI=1S/C19H29BrClN3O3/c1-5-6-7-26-12-14-10-24(18(25)27-19(2,3)4)11-15(22-14)13-8-16(20)23-17(21)9-13/h8-9,14-15,22H,5-7,10-12H2,1-4H3/t14-,15-/m0/s1. The maximum Gasteiger partial charge on any atom is 0.410 e. The number of nitrogens with zero attached hydrogens (tertiary/aromatic N) is 2. The second-order valence-corrected chi connectivity index (χ2v) is 8.98. The first-order valence-electron chi connectivity index (χ1n) is 9.32. The molecule has 0 saturated carbocycles. The van der Waals surface area contributed by atoms with Crippen molar-refractivity contribution in [2.24, 2.45) is 0 Å². The van der Waals surface area contributed by atoms with Crippen LogP contribution in [-0.2, 0) is 9.47 Å². The van der Waals surface area contributed by atoms with Crippen LogP contribution < -0.4 is 5.32 Å². The van der Waals surface area contributed by atoms with Gasteiger partial charge in [-0.2, -0.15) is 0 Å². The van der Waals surface area contributed by atoms with E-state index in [1.54, 1.807) is 4.90 Å². The molecule has 1 aliphatic rings. The Morgan fingerprint density at radius 3 is 2.78 bits per heavy atom. The van der Waals surface area contributed by atoms with E-state index in [4.69, 9.17) is 21.1 Å². The third kappa shape index (κ3) is 7.56. The molecule has 0 bridgehead atoms. The third-order valence-electron chi connectivity index (χ3n) is 4.08. The topological polar surface area (TPSA) is 63.7 Å². The van der Waals surface area contributed by atoms with Crippen LogP contribution in [0.3, 0.4) is 0 Å². The molecule has 0 unspecified atom stereocenters. The van der Waals surface area contributed by atoms with E-state index in [1.807, 2.05) is 32.9 Å². The predicted molar refractivity (Wildman–Crippen MR) is 110 cm³/mol. The molecule has 1 aromatic rings. The molecular formula is C19H29BrClN3O3. The minimum atomic E-state index is -0.534. The summed E-state index contributed by atoms with van der Waals surface area (Å²) in [7, 11) is 0. The summed E-state index contributed by atoms with van der Waals surface area (Å²) in [6, 6.07) is 3.66. The van der Waals surface area contributed by atoms with Gasteiger partial charge in [0.2, 0.25) is 0 Å². The van der Waals surface area contributed by atoms with Gasteiger partial charge in [-0.3, -0.25) is 0 Å². The van der Waals surface area contributed by atoms with E-state index in [2.05, 4.69) is 33.2 Å². The van der Waals surface area contributed by atoms with Gasteiger partial charge in [0.1, 0.15) is 15.4 Å². The van der Waals surface area contributed by atoms with Crippen LogP contribution in [0.15, 0.2) is 16.7 Å². The smallest absolute Gasteiger partial charge is 0.410 e. The summed E-state index contributed by atoms with van der Waals surface area (Å²) in [4.78, 5) is 18.5. The lowest BCUT2D eigenvalue weighted by Gasteiger charge is -2.39. The second kappa shape index (κ2) is 10.0. The number of hydrogen-bond donors (Lipinski definition) is 1. The molecule has 6 nitrogen and oxygen atoms in total. The highest BCUT2D eigenvalue weighted by Crippen LogP contribution is 2.25. The Kier molecular flexibility index (Phi) is 8.34. The summed E-state index contributed by atoms with van der Waals surface area (Å²) < 4.78 is 12.0. The molecule has 1 saturated heterocycles. The van der Waals surface area contributed by atoms with Gasteiger partial charge in [0.15, 0.2) is 0 Å². The number of carbonyl (C=O) groups excluding carboxylic acids is 1. The van der Waals surface area contributed by atoms with Gasteiger partial charge < -0.3 is 19.7 Å². The Balaban J connectivity index is 2.13. The van der Waals surface area contributed by atoms with Gasteiger partial charge in [-0.15, -0.1) is 0 Å². The fourth-order valence-corrected chi connectivity index (χ4v) is 3.66. The zero-order chi connectivity index (χ0) is 20.0. The molecule has 0 aromatic carbocycles. The number of carbonyl (C=O) groups is 1. The van der Waals surface area contributed by atoms with Crippen LogP contribution in [0.25, 0.3) is 0 Å². The highest BCUT2D eigenvalue weighted by molar-refractivity contribution is 9.10. The molecule has 1 aromatic heterocycles. The average Bonchev–Trinajstić information content (AvgIpc) is 2.56. The zero-order valence-electron chi connectivity index (χ0n) is 16.4. The van der Waals surface area contributed by atoms with Crippen LogP contribution in [0.1, 0.15) is 52.1 Å². The largest absolute Gasteiger partial charge is 0.444 e. The van der Waals surface area contributed by atoms with Crippen molar-refractivity contribution in [2.45, 2.75) is 58.2 Å². The molecule has 1 aliphatic heterocycles. The monoisotopic (exact) mass is 461 g/mol. The fraction of sp³-hybridized carbons (Fsp3) is 0.684. The van der Waals surface area contributed by atoms with Crippen molar-refractivity contribution in [3.8, 4) is 0 Å². The van der Waals surface area contributed by atoms with Crippen molar-refractivity contribution in [1.82, 2.24) is 15.2 Å². The summed E-state index contributed by atoms with van der Waals surface area (Å²) >= 11 is 9.50. The Morgan fingerprint density at radius 2 is 2.15 bits per heavy atom. The number of pyridine rings is 1. The number of aromatic nitrogens is 1. The Labute approximate surface area is 175 Å². The van der Waals surface area contributed by atoms with E-state index in [0.717, 1.165) is 25.0 Å². The lowest BCUT2D eigenvalue weighted by Crippen LogP contribution is -2.56. The molecule has 0 aliphatic carbocycles. The van der Waals surface area contributed by atoms with Gasteiger partial charge in [0, 0.05) is 25.7 Å². The van der Waals surface area contributed by atoms with Crippen molar-refractivity contribution in [3.63, 3.8) is 0 Å². The maximum absolute atomic E-state index is 12.6. The summed E-state index contributed by atoms with van der Waals surface area (Å²) in [6.45, 7) is 10.0. The first-order chi connectivity index (χ1) is 12.7. The van der Waals surface area contributed by atoms with E-state index in [9.17, 15) is 4.79 Å². The van der Waals surface area contributed by atoms with Crippen LogP contribution in [0.2, 0.25) is 5.15 Å². The molecule has 0 spiro atoms. The lowest BCUT2D eigenvalue weighted by atomic mass is 10.0. The summed E-state index contributed by atoms with van der Waals surface area (Å²) in [5, 5.41) is 3.98. The fourth-order valence-electron chi connectivity index (χ4n) is 2.89. The third-order valence-corrected chi connectivity index (χ3v) is 4.68. The number of ether oxygens (including phenoxy) is 2. The van der Waals surface area contributed by atoms with Gasteiger partial charge in [-0.05, 0) is 60.8 Å². The van der Waals surface area contributed by atoms with E-state index in [1.165, 1.54) is 0 Å². The van der Waals surface area contributed by atoms with Crippen molar-refractivity contribution in [3.05, 3.63) is 27.5 Å². The van der Waals surface area contributed by atoms with Crippen molar-refractivity contribution in [2.75, 3.05) is 26.3 Å². The van der Waals surface area contributed by atoms with E-state index in [-0.39, 0.29) is 18.2 Å². The summed E-state index contributed by atoms with van der Waals surface area (Å²) in [5.41, 5.74) is 0.432. The van der Waals surface area contributed by atoms with Crippen LogP contribution in [0, 0.1) is 0 Å². The minimum Gasteiger partial charge on any atom is -0.444 e. The number of unbranched alkanes of at least 4 members (excludes halogenated alkanes) is 1. The number of amides is 1. The first kappa shape index (κ1) is 22.4. The van der Waals surface area contributed by atoms with Crippen LogP contribution in [0.4, 0.5) is 4.79 Å². The number of hydrogen-bond acceptors (Lipinski definition) is 5. The molecule has 1 amide bonds. The van der Waals surface area contributed by atoms with E-state index >= 15 is 0 Å².